The van der Waals surface area contributed by atoms with Crippen molar-refractivity contribution in [3.05, 3.63) is 17.1 Å². The molecule has 112 valence electrons. The molecule has 2 rings (SSSR count). The molecule has 0 aromatic carbocycles. The van der Waals surface area contributed by atoms with Gasteiger partial charge in [0.05, 0.1) is 0 Å². The van der Waals surface area contributed by atoms with Crippen LogP contribution in [-0.2, 0) is 6.42 Å². The van der Waals surface area contributed by atoms with Gasteiger partial charge in [-0.1, -0.05) is 33.6 Å². The van der Waals surface area contributed by atoms with E-state index in [2.05, 4.69) is 33.0 Å². The Morgan fingerprint density at radius 1 is 1.20 bits per heavy atom. The number of nitrogens with one attached hydrogen (secondary N) is 1. The summed E-state index contributed by atoms with van der Waals surface area (Å²) >= 11 is 0. The summed E-state index contributed by atoms with van der Waals surface area (Å²) < 4.78 is 0. The smallest absolute Gasteiger partial charge is 0.134 e. The Kier molecular flexibility index (Phi) is 5.38. The molecular formula is C17H29N3. The summed E-state index contributed by atoms with van der Waals surface area (Å²) in [7, 11) is 0. The van der Waals surface area contributed by atoms with E-state index in [1.165, 1.54) is 31.2 Å². The first-order valence-electron chi connectivity index (χ1n) is 8.26. The molecule has 1 aromatic heterocycles. The Morgan fingerprint density at radius 3 is 2.65 bits per heavy atom. The van der Waals surface area contributed by atoms with Gasteiger partial charge in [0.1, 0.15) is 11.6 Å². The predicted molar refractivity (Wildman–Crippen MR) is 85.3 cm³/mol. The molecule has 0 bridgehead atoms. The third kappa shape index (κ3) is 3.50. The number of rotatable bonds is 5. The van der Waals surface area contributed by atoms with Crippen LogP contribution in [0.2, 0.25) is 0 Å². The van der Waals surface area contributed by atoms with Crippen LogP contribution in [0.5, 0.6) is 0 Å². The van der Waals surface area contributed by atoms with Gasteiger partial charge < -0.3 is 5.32 Å². The fourth-order valence-corrected chi connectivity index (χ4v) is 3.28. The highest BCUT2D eigenvalue weighted by molar-refractivity contribution is 5.46. The molecule has 2 unspecified atom stereocenters. The third-order valence-corrected chi connectivity index (χ3v) is 4.43. The van der Waals surface area contributed by atoms with E-state index in [1.807, 2.05) is 0 Å². The van der Waals surface area contributed by atoms with E-state index in [4.69, 9.17) is 9.97 Å². The lowest BCUT2D eigenvalue weighted by Crippen LogP contribution is -2.17. The molecule has 0 saturated heterocycles. The molecule has 1 N–H and O–H groups in total. The van der Waals surface area contributed by atoms with E-state index >= 15 is 0 Å². The van der Waals surface area contributed by atoms with Crippen molar-refractivity contribution in [1.29, 1.82) is 0 Å². The van der Waals surface area contributed by atoms with Crippen molar-refractivity contribution in [2.45, 2.75) is 72.1 Å². The SMILES string of the molecule is CCCNc1nc(C2CCCC(C)C2)nc(C)c1CC. The van der Waals surface area contributed by atoms with E-state index in [-0.39, 0.29) is 0 Å². The zero-order valence-corrected chi connectivity index (χ0v) is 13.5. The molecule has 20 heavy (non-hydrogen) atoms. The van der Waals surface area contributed by atoms with Crippen LogP contribution in [0.15, 0.2) is 0 Å². The highest BCUT2D eigenvalue weighted by Crippen LogP contribution is 2.35. The second-order valence-electron chi connectivity index (χ2n) is 6.24. The summed E-state index contributed by atoms with van der Waals surface area (Å²) in [6.07, 6.45) is 7.31. The maximum atomic E-state index is 4.88. The molecule has 1 fully saturated rings. The van der Waals surface area contributed by atoms with Gasteiger partial charge >= 0.3 is 0 Å². The first-order chi connectivity index (χ1) is 9.65. The van der Waals surface area contributed by atoms with Gasteiger partial charge in [-0.15, -0.1) is 0 Å². The van der Waals surface area contributed by atoms with Crippen molar-refractivity contribution in [1.82, 2.24) is 9.97 Å². The molecule has 1 aromatic rings. The second kappa shape index (κ2) is 7.05. The third-order valence-electron chi connectivity index (χ3n) is 4.43. The second-order valence-corrected chi connectivity index (χ2v) is 6.24. The van der Waals surface area contributed by atoms with Crippen LogP contribution < -0.4 is 5.32 Å². The van der Waals surface area contributed by atoms with Gasteiger partial charge in [-0.05, 0) is 38.5 Å². The van der Waals surface area contributed by atoms with Crippen molar-refractivity contribution < 1.29 is 0 Å². The zero-order valence-electron chi connectivity index (χ0n) is 13.5. The molecule has 0 amide bonds. The standard InChI is InChI=1S/C17H29N3/c1-5-10-18-17-15(6-2)13(4)19-16(20-17)14-9-7-8-12(3)11-14/h12,14H,5-11H2,1-4H3,(H,18,19,20). The lowest BCUT2D eigenvalue weighted by atomic mass is 9.82. The number of aromatic nitrogens is 2. The summed E-state index contributed by atoms with van der Waals surface area (Å²) in [6, 6.07) is 0. The fraction of sp³-hybridized carbons (Fsp3) is 0.765. The molecule has 1 aliphatic rings. The minimum Gasteiger partial charge on any atom is -0.370 e. The van der Waals surface area contributed by atoms with Gasteiger partial charge in [-0.3, -0.25) is 0 Å². The molecule has 0 aliphatic heterocycles. The first-order valence-corrected chi connectivity index (χ1v) is 8.26. The first kappa shape index (κ1) is 15.3. The van der Waals surface area contributed by atoms with Crippen LogP contribution in [0.1, 0.15) is 75.9 Å². The van der Waals surface area contributed by atoms with Crippen LogP contribution >= 0.6 is 0 Å². The maximum Gasteiger partial charge on any atom is 0.134 e. The average Bonchev–Trinajstić information content (AvgIpc) is 2.44. The summed E-state index contributed by atoms with van der Waals surface area (Å²) in [6.45, 7) is 9.86. The number of hydrogen-bond acceptors (Lipinski definition) is 3. The van der Waals surface area contributed by atoms with Crippen molar-refractivity contribution in [2.75, 3.05) is 11.9 Å². The number of nitrogens with zero attached hydrogens (tertiary/aromatic N) is 2. The topological polar surface area (TPSA) is 37.8 Å². The monoisotopic (exact) mass is 275 g/mol. The maximum absolute atomic E-state index is 4.88. The van der Waals surface area contributed by atoms with Gasteiger partial charge in [-0.2, -0.15) is 0 Å². The van der Waals surface area contributed by atoms with Crippen LogP contribution in [0.4, 0.5) is 5.82 Å². The number of anilines is 1. The summed E-state index contributed by atoms with van der Waals surface area (Å²) in [4.78, 5) is 9.70. The number of aryl methyl sites for hydroxylation is 1. The summed E-state index contributed by atoms with van der Waals surface area (Å²) in [5.74, 6) is 3.53. The van der Waals surface area contributed by atoms with E-state index in [0.717, 1.165) is 42.6 Å². The Labute approximate surface area is 123 Å². The molecule has 1 saturated carbocycles. The molecule has 2 atom stereocenters. The highest BCUT2D eigenvalue weighted by Gasteiger charge is 2.24. The van der Waals surface area contributed by atoms with Gasteiger partial charge in [0.2, 0.25) is 0 Å². The molecule has 0 radical (unpaired) electrons. The Morgan fingerprint density at radius 2 is 2.00 bits per heavy atom. The molecule has 1 aliphatic carbocycles. The van der Waals surface area contributed by atoms with Gasteiger partial charge in [0, 0.05) is 23.7 Å². The molecule has 3 nitrogen and oxygen atoms in total. The summed E-state index contributed by atoms with van der Waals surface area (Å²) in [5, 5.41) is 3.49. The van der Waals surface area contributed by atoms with Gasteiger partial charge in [-0.25, -0.2) is 9.97 Å². The number of hydrogen-bond donors (Lipinski definition) is 1. The Hall–Kier alpha value is -1.12. The van der Waals surface area contributed by atoms with Gasteiger partial charge in [0.15, 0.2) is 0 Å². The minimum absolute atomic E-state index is 0.561. The lowest BCUT2D eigenvalue weighted by molar-refractivity contribution is 0.335. The largest absolute Gasteiger partial charge is 0.370 e. The lowest BCUT2D eigenvalue weighted by Gasteiger charge is -2.26. The Bertz CT molecular complexity index is 442. The normalized spacial score (nSPS) is 22.8. The highest BCUT2D eigenvalue weighted by atomic mass is 15.0. The van der Waals surface area contributed by atoms with E-state index in [9.17, 15) is 0 Å². The van der Waals surface area contributed by atoms with Crippen molar-refractivity contribution in [3.8, 4) is 0 Å². The van der Waals surface area contributed by atoms with Crippen molar-refractivity contribution >= 4 is 5.82 Å². The zero-order chi connectivity index (χ0) is 14.5. The van der Waals surface area contributed by atoms with Crippen LogP contribution in [0, 0.1) is 12.8 Å². The van der Waals surface area contributed by atoms with Crippen molar-refractivity contribution in [3.63, 3.8) is 0 Å². The van der Waals surface area contributed by atoms with Gasteiger partial charge in [0.25, 0.3) is 0 Å². The fourth-order valence-electron chi connectivity index (χ4n) is 3.28. The Balaban J connectivity index is 2.26. The van der Waals surface area contributed by atoms with E-state index in [0.29, 0.717) is 5.92 Å². The molecule has 0 spiro atoms. The summed E-state index contributed by atoms with van der Waals surface area (Å²) in [5.41, 5.74) is 2.44. The van der Waals surface area contributed by atoms with Crippen LogP contribution in [0.3, 0.4) is 0 Å². The molecule has 1 heterocycles. The van der Waals surface area contributed by atoms with Crippen molar-refractivity contribution in [2.24, 2.45) is 5.92 Å². The minimum atomic E-state index is 0.561. The average molecular weight is 275 g/mol. The quantitative estimate of drug-likeness (QED) is 0.862. The molecular weight excluding hydrogens is 246 g/mol. The molecule has 3 heteroatoms. The van der Waals surface area contributed by atoms with Crippen LogP contribution in [0.25, 0.3) is 0 Å². The van der Waals surface area contributed by atoms with Crippen LogP contribution in [-0.4, -0.2) is 16.5 Å². The predicted octanol–water partition coefficient (Wildman–Crippen LogP) is 4.46. The van der Waals surface area contributed by atoms with E-state index in [1.54, 1.807) is 0 Å². The van der Waals surface area contributed by atoms with E-state index < -0.39 is 0 Å².